The van der Waals surface area contributed by atoms with Crippen LogP contribution in [-0.4, -0.2) is 22.1 Å². The van der Waals surface area contributed by atoms with Crippen LogP contribution in [-0.2, 0) is 5.92 Å². The van der Waals surface area contributed by atoms with E-state index >= 15 is 0 Å². The van der Waals surface area contributed by atoms with Gasteiger partial charge in [0.05, 0.1) is 6.54 Å². The van der Waals surface area contributed by atoms with Crippen molar-refractivity contribution in [3.63, 3.8) is 0 Å². The Morgan fingerprint density at radius 1 is 1.17 bits per heavy atom. The number of hydrogen-bond acceptors (Lipinski definition) is 2. The highest BCUT2D eigenvalue weighted by Crippen LogP contribution is 2.49. The van der Waals surface area contributed by atoms with Crippen LogP contribution in [0.25, 0.3) is 0 Å². The molecule has 0 radical (unpaired) electrons. The SMILES string of the molecule is CC(C)(C)S(C)(O)NCC(F)(F)c1ccccc1. The van der Waals surface area contributed by atoms with Crippen LogP contribution in [0.5, 0.6) is 0 Å². The van der Waals surface area contributed by atoms with Gasteiger partial charge in [-0.1, -0.05) is 40.8 Å². The van der Waals surface area contributed by atoms with Crippen LogP contribution in [0.2, 0.25) is 0 Å². The number of halogens is 2. The van der Waals surface area contributed by atoms with Gasteiger partial charge in [-0.25, -0.2) is 0 Å². The average Bonchev–Trinajstić information content (AvgIpc) is 2.26. The summed E-state index contributed by atoms with van der Waals surface area (Å²) < 4.78 is 40.2. The third-order valence-electron chi connectivity index (χ3n) is 2.96. The first-order valence-electron chi connectivity index (χ1n) is 5.74. The molecule has 0 aliphatic rings. The van der Waals surface area contributed by atoms with Crippen molar-refractivity contribution in [3.8, 4) is 0 Å². The lowest BCUT2D eigenvalue weighted by Gasteiger charge is -2.43. The molecule has 0 amide bonds. The number of nitrogens with one attached hydrogen (secondary N) is 1. The van der Waals surface area contributed by atoms with Crippen LogP contribution >= 0.6 is 10.5 Å². The fraction of sp³-hybridized carbons (Fsp3) is 0.538. The fourth-order valence-electron chi connectivity index (χ4n) is 1.23. The van der Waals surface area contributed by atoms with E-state index < -0.39 is 27.7 Å². The zero-order valence-corrected chi connectivity index (χ0v) is 12.0. The van der Waals surface area contributed by atoms with Gasteiger partial charge in [0.25, 0.3) is 5.92 Å². The first-order chi connectivity index (χ1) is 8.06. The van der Waals surface area contributed by atoms with Gasteiger partial charge in [-0.05, 0) is 20.8 Å². The first-order valence-corrected chi connectivity index (χ1v) is 7.74. The van der Waals surface area contributed by atoms with Crippen molar-refractivity contribution in [2.45, 2.75) is 31.4 Å². The smallest absolute Gasteiger partial charge is 0.286 e. The Kier molecular flexibility index (Phi) is 4.41. The van der Waals surface area contributed by atoms with E-state index in [0.29, 0.717) is 0 Å². The van der Waals surface area contributed by atoms with Crippen LogP contribution in [0.1, 0.15) is 26.3 Å². The summed E-state index contributed by atoms with van der Waals surface area (Å²) >= 11 is 0. The number of alkyl halides is 2. The normalized spacial score (nSPS) is 18.2. The van der Waals surface area contributed by atoms with E-state index in [0.717, 1.165) is 0 Å². The van der Waals surface area contributed by atoms with Gasteiger partial charge in [0.15, 0.2) is 0 Å². The van der Waals surface area contributed by atoms with Gasteiger partial charge in [-0.15, -0.1) is 0 Å². The molecule has 0 spiro atoms. The van der Waals surface area contributed by atoms with E-state index in [1.165, 1.54) is 12.1 Å². The van der Waals surface area contributed by atoms with Crippen LogP contribution in [0.15, 0.2) is 30.3 Å². The summed E-state index contributed by atoms with van der Waals surface area (Å²) in [7, 11) is -2.27. The minimum absolute atomic E-state index is 0.0402. The van der Waals surface area contributed by atoms with Gasteiger partial charge < -0.3 is 4.55 Å². The Morgan fingerprint density at radius 2 is 1.67 bits per heavy atom. The van der Waals surface area contributed by atoms with Gasteiger partial charge in [0.1, 0.15) is 0 Å². The third kappa shape index (κ3) is 3.67. The first kappa shape index (κ1) is 15.4. The zero-order chi connectivity index (χ0) is 14.0. The predicted octanol–water partition coefficient (Wildman–Crippen LogP) is 3.99. The van der Waals surface area contributed by atoms with Crippen LogP contribution < -0.4 is 4.72 Å². The molecule has 1 aromatic rings. The third-order valence-corrected chi connectivity index (χ3v) is 6.06. The number of benzene rings is 1. The molecule has 0 aromatic heterocycles. The Hall–Kier alpha value is -0.650. The molecule has 0 aliphatic carbocycles. The summed E-state index contributed by atoms with van der Waals surface area (Å²) in [5, 5.41) is 0. The second-order valence-electron chi connectivity index (χ2n) is 5.38. The van der Waals surface area contributed by atoms with E-state index in [2.05, 4.69) is 4.72 Å². The quantitative estimate of drug-likeness (QED) is 0.872. The molecule has 0 saturated carbocycles. The molecule has 0 heterocycles. The van der Waals surface area contributed by atoms with E-state index in [-0.39, 0.29) is 5.56 Å². The highest BCUT2D eigenvalue weighted by molar-refractivity contribution is 8.28. The molecule has 2 N–H and O–H groups in total. The summed E-state index contributed by atoms with van der Waals surface area (Å²) in [6, 6.07) is 7.64. The van der Waals surface area contributed by atoms with Crippen molar-refractivity contribution >= 4 is 10.5 Å². The molecular formula is C13H21F2NOS. The molecule has 104 valence electrons. The Balaban J connectivity index is 2.74. The Labute approximate surface area is 109 Å². The lowest BCUT2D eigenvalue weighted by atomic mass is 10.1. The van der Waals surface area contributed by atoms with E-state index in [9.17, 15) is 13.3 Å². The molecule has 0 bridgehead atoms. The van der Waals surface area contributed by atoms with Crippen molar-refractivity contribution in [2.24, 2.45) is 0 Å². The van der Waals surface area contributed by atoms with Crippen LogP contribution in [0, 0.1) is 0 Å². The van der Waals surface area contributed by atoms with Crippen LogP contribution in [0.4, 0.5) is 8.78 Å². The average molecular weight is 277 g/mol. The monoisotopic (exact) mass is 277 g/mol. The summed E-state index contributed by atoms with van der Waals surface area (Å²) in [6.45, 7) is 4.93. The van der Waals surface area contributed by atoms with E-state index in [1.54, 1.807) is 24.5 Å². The van der Waals surface area contributed by atoms with Gasteiger partial charge >= 0.3 is 0 Å². The Morgan fingerprint density at radius 3 is 2.11 bits per heavy atom. The second kappa shape index (κ2) is 5.15. The van der Waals surface area contributed by atoms with Crippen LogP contribution in [0.3, 0.4) is 0 Å². The van der Waals surface area contributed by atoms with Crippen molar-refractivity contribution in [1.82, 2.24) is 4.72 Å². The maximum absolute atomic E-state index is 13.9. The maximum atomic E-state index is 13.9. The summed E-state index contributed by atoms with van der Waals surface area (Å²) in [5.41, 5.74) is -0.0402. The lowest BCUT2D eigenvalue weighted by molar-refractivity contribution is 0.00196. The van der Waals surface area contributed by atoms with Gasteiger partial charge in [0, 0.05) is 16.6 Å². The largest absolute Gasteiger partial charge is 0.338 e. The molecule has 5 heteroatoms. The fourth-order valence-corrected chi connectivity index (χ4v) is 2.13. The molecule has 2 nitrogen and oxygen atoms in total. The van der Waals surface area contributed by atoms with Crippen molar-refractivity contribution in [2.75, 3.05) is 12.8 Å². The molecule has 1 unspecified atom stereocenters. The lowest BCUT2D eigenvalue weighted by Crippen LogP contribution is -2.39. The van der Waals surface area contributed by atoms with Gasteiger partial charge in [-0.3, -0.25) is 4.72 Å². The van der Waals surface area contributed by atoms with Crippen molar-refractivity contribution < 1.29 is 13.3 Å². The molecule has 18 heavy (non-hydrogen) atoms. The van der Waals surface area contributed by atoms with Gasteiger partial charge in [-0.2, -0.15) is 8.78 Å². The van der Waals surface area contributed by atoms with E-state index in [4.69, 9.17) is 0 Å². The molecular weight excluding hydrogens is 256 g/mol. The number of rotatable bonds is 4. The standard InChI is InChI=1S/C13H21F2NOS/c1-12(2,3)18(4,17)16-10-13(14,15)11-8-6-5-7-9-11/h5-9,16-17H,10H2,1-4H3. The predicted molar refractivity (Wildman–Crippen MR) is 74.2 cm³/mol. The highest BCUT2D eigenvalue weighted by Gasteiger charge is 2.36. The van der Waals surface area contributed by atoms with E-state index in [1.807, 2.05) is 20.8 Å². The molecule has 0 fully saturated rings. The second-order valence-corrected chi connectivity index (χ2v) is 8.64. The molecule has 1 rings (SSSR count). The molecule has 0 saturated heterocycles. The number of hydrogen-bond donors (Lipinski definition) is 2. The summed E-state index contributed by atoms with van der Waals surface area (Å²) in [5.74, 6) is -2.98. The summed E-state index contributed by atoms with van der Waals surface area (Å²) in [4.78, 5) is 0. The minimum atomic E-state index is -2.98. The summed E-state index contributed by atoms with van der Waals surface area (Å²) in [6.07, 6.45) is 1.59. The maximum Gasteiger partial charge on any atom is 0.286 e. The molecule has 0 aliphatic heterocycles. The van der Waals surface area contributed by atoms with Crippen molar-refractivity contribution in [3.05, 3.63) is 35.9 Å². The van der Waals surface area contributed by atoms with Gasteiger partial charge in [0.2, 0.25) is 0 Å². The minimum Gasteiger partial charge on any atom is -0.338 e. The topological polar surface area (TPSA) is 32.3 Å². The molecule has 1 aromatic carbocycles. The Bertz CT molecular complexity index is 388. The highest BCUT2D eigenvalue weighted by atomic mass is 32.3. The van der Waals surface area contributed by atoms with Crippen molar-refractivity contribution in [1.29, 1.82) is 0 Å². The zero-order valence-electron chi connectivity index (χ0n) is 11.2. The molecule has 1 atom stereocenters.